The smallest absolute Gasteiger partial charge is 0.167 e. The molecule has 0 unspecified atom stereocenters. The summed E-state index contributed by atoms with van der Waals surface area (Å²) in [7, 11) is 0. The van der Waals surface area contributed by atoms with Gasteiger partial charge >= 0.3 is 0 Å². The topological polar surface area (TPSA) is 126 Å². The second-order valence-electron chi connectivity index (χ2n) is 6.69. The van der Waals surface area contributed by atoms with Crippen LogP contribution in [0.2, 0.25) is 0 Å². The van der Waals surface area contributed by atoms with Gasteiger partial charge in [0.15, 0.2) is 23.2 Å². The third-order valence-corrected chi connectivity index (χ3v) is 5.07. The Kier molecular flexibility index (Phi) is 3.68. The Bertz CT molecular complexity index is 745. The fourth-order valence-corrected chi connectivity index (χ4v) is 3.19. The molecule has 1 saturated carbocycles. The fraction of sp³-hybridized carbons (Fsp3) is 0.667. The molecule has 0 bridgehead atoms. The number of nitrogens with one attached hydrogen (secondary N) is 1. The minimum atomic E-state index is -1.56. The molecule has 4 N–H and O–H groups in total. The first-order chi connectivity index (χ1) is 11.5. The van der Waals surface area contributed by atoms with Crippen molar-refractivity contribution in [2.24, 2.45) is 0 Å². The maximum Gasteiger partial charge on any atom is 0.167 e. The van der Waals surface area contributed by atoms with Gasteiger partial charge in [0.05, 0.1) is 12.9 Å². The molecule has 130 valence electrons. The number of nitrogens with zero attached hydrogens (tertiary/aromatic N) is 4. The molecule has 1 saturated heterocycles. The quantitative estimate of drug-likeness (QED) is 0.605. The molecule has 1 aliphatic heterocycles. The largest absolute Gasteiger partial charge is 0.394 e. The summed E-state index contributed by atoms with van der Waals surface area (Å²) in [6, 6.07) is 0.404. The Hall–Kier alpha value is -1.81. The normalized spacial score (nSPS) is 33.8. The van der Waals surface area contributed by atoms with Gasteiger partial charge in [-0.05, 0) is 26.2 Å². The SMILES string of the molecule is C[C@@]1(O)[C@@H](CO)O[C@@H](n2cnc3c(NC4CCC4)ncnc32)[C@@H]1O. The Morgan fingerprint density at radius 2 is 2.17 bits per heavy atom. The van der Waals surface area contributed by atoms with Crippen LogP contribution in [0.25, 0.3) is 11.2 Å². The van der Waals surface area contributed by atoms with Gasteiger partial charge in [0.1, 0.15) is 24.1 Å². The summed E-state index contributed by atoms with van der Waals surface area (Å²) in [5.74, 6) is 0.654. The molecular formula is C15H21N5O4. The number of aromatic nitrogens is 4. The van der Waals surface area contributed by atoms with Gasteiger partial charge in [-0.3, -0.25) is 4.57 Å². The van der Waals surface area contributed by atoms with E-state index >= 15 is 0 Å². The van der Waals surface area contributed by atoms with Crippen molar-refractivity contribution in [2.75, 3.05) is 11.9 Å². The van der Waals surface area contributed by atoms with Gasteiger partial charge in [0, 0.05) is 6.04 Å². The van der Waals surface area contributed by atoms with E-state index in [0.717, 1.165) is 12.8 Å². The lowest BCUT2D eigenvalue weighted by Gasteiger charge is -2.26. The monoisotopic (exact) mass is 335 g/mol. The first kappa shape index (κ1) is 15.7. The van der Waals surface area contributed by atoms with E-state index in [0.29, 0.717) is 23.0 Å². The number of aliphatic hydroxyl groups is 3. The third-order valence-electron chi connectivity index (χ3n) is 5.07. The Morgan fingerprint density at radius 1 is 1.38 bits per heavy atom. The molecule has 2 aliphatic rings. The third kappa shape index (κ3) is 2.27. The van der Waals surface area contributed by atoms with E-state index in [1.807, 2.05) is 0 Å². The average Bonchev–Trinajstić information content (AvgIpc) is 3.04. The van der Waals surface area contributed by atoms with Crippen molar-refractivity contribution in [2.45, 2.75) is 56.3 Å². The highest BCUT2D eigenvalue weighted by Crippen LogP contribution is 2.38. The number of imidazole rings is 1. The minimum Gasteiger partial charge on any atom is -0.394 e. The van der Waals surface area contributed by atoms with Gasteiger partial charge in [-0.25, -0.2) is 15.0 Å². The summed E-state index contributed by atoms with van der Waals surface area (Å²) >= 11 is 0. The van der Waals surface area contributed by atoms with E-state index in [2.05, 4.69) is 20.3 Å². The summed E-state index contributed by atoms with van der Waals surface area (Å²) in [6.07, 6.45) is 3.39. The van der Waals surface area contributed by atoms with E-state index in [9.17, 15) is 15.3 Å². The number of rotatable bonds is 4. The van der Waals surface area contributed by atoms with Gasteiger partial charge in [0.25, 0.3) is 0 Å². The van der Waals surface area contributed by atoms with Crippen molar-refractivity contribution in [3.05, 3.63) is 12.7 Å². The number of hydrogen-bond donors (Lipinski definition) is 4. The number of ether oxygens (including phenoxy) is 1. The lowest BCUT2D eigenvalue weighted by molar-refractivity contribution is -0.0804. The minimum absolute atomic E-state index is 0.392. The molecule has 4 atom stereocenters. The Morgan fingerprint density at radius 3 is 2.79 bits per heavy atom. The standard InChI is InChI=1S/C15H21N5O4/c1-15(23)9(5-21)24-14(11(15)22)20-7-18-10-12(16-6-17-13(10)20)19-8-3-2-4-8/h6-9,11,14,21-23H,2-5H2,1H3,(H,16,17,19)/t9-,11+,14-,15-/m1/s1. The van der Waals surface area contributed by atoms with Crippen molar-refractivity contribution in [1.82, 2.24) is 19.5 Å². The van der Waals surface area contributed by atoms with Gasteiger partial charge in [0.2, 0.25) is 0 Å². The molecule has 24 heavy (non-hydrogen) atoms. The van der Waals surface area contributed by atoms with Crippen LogP contribution in [0.15, 0.2) is 12.7 Å². The maximum atomic E-state index is 10.4. The summed E-state index contributed by atoms with van der Waals surface area (Å²) in [5.41, 5.74) is -0.465. The summed E-state index contributed by atoms with van der Waals surface area (Å²) in [6.45, 7) is 1.05. The zero-order chi connectivity index (χ0) is 16.9. The highest BCUT2D eigenvalue weighted by atomic mass is 16.6. The molecule has 2 aromatic heterocycles. The average molecular weight is 335 g/mol. The van der Waals surface area contributed by atoms with Crippen molar-refractivity contribution < 1.29 is 20.1 Å². The molecule has 0 amide bonds. The number of anilines is 1. The van der Waals surface area contributed by atoms with E-state index in [-0.39, 0.29) is 0 Å². The van der Waals surface area contributed by atoms with Crippen LogP contribution in [0.5, 0.6) is 0 Å². The predicted octanol–water partition coefficient (Wildman–Crippen LogP) is -0.208. The molecule has 1 aliphatic carbocycles. The molecule has 9 nitrogen and oxygen atoms in total. The van der Waals surface area contributed by atoms with Gasteiger partial charge < -0.3 is 25.4 Å². The van der Waals surface area contributed by atoms with Crippen LogP contribution in [-0.4, -0.2) is 65.3 Å². The zero-order valence-electron chi connectivity index (χ0n) is 13.3. The summed E-state index contributed by atoms with van der Waals surface area (Å²) in [4.78, 5) is 12.8. The van der Waals surface area contributed by atoms with Crippen LogP contribution in [0.4, 0.5) is 5.82 Å². The van der Waals surface area contributed by atoms with E-state index < -0.39 is 30.6 Å². The van der Waals surface area contributed by atoms with Crippen LogP contribution in [0.1, 0.15) is 32.4 Å². The van der Waals surface area contributed by atoms with Crippen molar-refractivity contribution in [1.29, 1.82) is 0 Å². The fourth-order valence-electron chi connectivity index (χ4n) is 3.19. The Labute approximate surface area is 138 Å². The predicted molar refractivity (Wildman–Crippen MR) is 84.2 cm³/mol. The van der Waals surface area contributed by atoms with Gasteiger partial charge in [-0.1, -0.05) is 0 Å². The van der Waals surface area contributed by atoms with E-state index in [4.69, 9.17) is 4.74 Å². The lowest BCUT2D eigenvalue weighted by atomic mass is 9.93. The highest BCUT2D eigenvalue weighted by molar-refractivity contribution is 5.82. The second-order valence-corrected chi connectivity index (χ2v) is 6.69. The van der Waals surface area contributed by atoms with Crippen LogP contribution in [-0.2, 0) is 4.74 Å². The van der Waals surface area contributed by atoms with Crippen LogP contribution >= 0.6 is 0 Å². The number of aliphatic hydroxyl groups excluding tert-OH is 2. The second kappa shape index (κ2) is 5.62. The lowest BCUT2D eigenvalue weighted by Crippen LogP contribution is -2.46. The molecule has 0 spiro atoms. The maximum absolute atomic E-state index is 10.4. The van der Waals surface area contributed by atoms with Gasteiger partial charge in [-0.15, -0.1) is 0 Å². The first-order valence-electron chi connectivity index (χ1n) is 8.13. The molecule has 3 heterocycles. The number of hydrogen-bond acceptors (Lipinski definition) is 8. The Balaban J connectivity index is 1.69. The first-order valence-corrected chi connectivity index (χ1v) is 8.13. The number of fused-ring (bicyclic) bond motifs is 1. The highest BCUT2D eigenvalue weighted by Gasteiger charge is 2.52. The van der Waals surface area contributed by atoms with Gasteiger partial charge in [-0.2, -0.15) is 0 Å². The molecule has 4 rings (SSSR count). The molecular weight excluding hydrogens is 314 g/mol. The molecule has 2 fully saturated rings. The zero-order valence-corrected chi connectivity index (χ0v) is 13.3. The van der Waals surface area contributed by atoms with E-state index in [1.165, 1.54) is 26.0 Å². The molecule has 9 heteroatoms. The van der Waals surface area contributed by atoms with Crippen LogP contribution in [0.3, 0.4) is 0 Å². The van der Waals surface area contributed by atoms with Crippen molar-refractivity contribution in [3.63, 3.8) is 0 Å². The van der Waals surface area contributed by atoms with E-state index in [1.54, 1.807) is 4.57 Å². The van der Waals surface area contributed by atoms with Crippen molar-refractivity contribution >= 4 is 17.0 Å². The van der Waals surface area contributed by atoms with Crippen LogP contribution < -0.4 is 5.32 Å². The molecule has 0 radical (unpaired) electrons. The molecule has 0 aromatic carbocycles. The van der Waals surface area contributed by atoms with Crippen molar-refractivity contribution in [3.8, 4) is 0 Å². The van der Waals surface area contributed by atoms with Crippen LogP contribution in [0, 0.1) is 0 Å². The molecule has 2 aromatic rings. The summed E-state index contributed by atoms with van der Waals surface area (Å²) < 4.78 is 7.20. The summed E-state index contributed by atoms with van der Waals surface area (Å²) in [5, 5.41) is 33.5.